The number of aromatic amines is 1. The summed E-state index contributed by atoms with van der Waals surface area (Å²) in [6.07, 6.45) is 0.328. The lowest BCUT2D eigenvalue weighted by Gasteiger charge is -2.14. The maximum absolute atomic E-state index is 12.2. The van der Waals surface area contributed by atoms with Crippen molar-refractivity contribution in [3.05, 3.63) is 41.7 Å². The molecule has 1 heterocycles. The molecule has 0 aliphatic heterocycles. The third-order valence-corrected chi connectivity index (χ3v) is 2.88. The van der Waals surface area contributed by atoms with Crippen molar-refractivity contribution < 1.29 is 10.0 Å². The second kappa shape index (κ2) is 6.98. The zero-order chi connectivity index (χ0) is 15.1. The van der Waals surface area contributed by atoms with E-state index in [-0.39, 0.29) is 18.3 Å². The zero-order valence-electron chi connectivity index (χ0n) is 11.1. The Kier molecular flexibility index (Phi) is 4.80. The van der Waals surface area contributed by atoms with E-state index in [0.717, 1.165) is 5.56 Å². The molecule has 1 unspecified atom stereocenters. The first-order valence-corrected chi connectivity index (χ1v) is 6.22. The lowest BCUT2D eigenvalue weighted by Crippen LogP contribution is -2.40. The third kappa shape index (κ3) is 4.00. The van der Waals surface area contributed by atoms with Crippen molar-refractivity contribution in [1.82, 2.24) is 25.9 Å². The van der Waals surface area contributed by atoms with E-state index in [1.54, 1.807) is 0 Å². The Bertz CT molecular complexity index is 597. The van der Waals surface area contributed by atoms with Crippen LogP contribution >= 0.6 is 0 Å². The van der Waals surface area contributed by atoms with Crippen LogP contribution in [0.25, 0.3) is 0 Å². The highest BCUT2D eigenvalue weighted by Crippen LogP contribution is 2.09. The number of amidine groups is 1. The van der Waals surface area contributed by atoms with Crippen molar-refractivity contribution in [2.45, 2.75) is 13.0 Å². The van der Waals surface area contributed by atoms with Crippen molar-refractivity contribution in [2.75, 3.05) is 0 Å². The predicted octanol–water partition coefficient (Wildman–Crippen LogP) is -0.579. The molecule has 0 aliphatic carbocycles. The fourth-order valence-electron chi connectivity index (χ4n) is 1.80. The maximum Gasteiger partial charge on any atom is 0.231 e. The molecular formula is C12H15N7O2. The van der Waals surface area contributed by atoms with Gasteiger partial charge in [0.05, 0.1) is 6.54 Å². The summed E-state index contributed by atoms with van der Waals surface area (Å²) in [5, 5.41) is 27.5. The van der Waals surface area contributed by atoms with Crippen LogP contribution in [-0.2, 0) is 17.8 Å². The molecule has 1 amide bonds. The number of aromatic nitrogens is 4. The van der Waals surface area contributed by atoms with Crippen LogP contribution in [0.2, 0.25) is 0 Å². The summed E-state index contributed by atoms with van der Waals surface area (Å²) in [6.45, 7) is 0.110. The first kappa shape index (κ1) is 14.4. The molecule has 21 heavy (non-hydrogen) atoms. The van der Waals surface area contributed by atoms with E-state index in [4.69, 9.17) is 10.9 Å². The minimum absolute atomic E-state index is 0.110. The number of carbonyl (C=O) groups excluding carboxylic acids is 1. The topological polar surface area (TPSA) is 142 Å². The van der Waals surface area contributed by atoms with Gasteiger partial charge < -0.3 is 16.3 Å². The molecule has 1 aromatic heterocycles. The number of hydrogen-bond donors (Lipinski definition) is 4. The van der Waals surface area contributed by atoms with Gasteiger partial charge in [0.15, 0.2) is 11.7 Å². The van der Waals surface area contributed by atoms with Gasteiger partial charge in [-0.2, -0.15) is 5.21 Å². The monoisotopic (exact) mass is 289 g/mol. The number of nitrogens with zero attached hydrogens (tertiary/aromatic N) is 4. The molecule has 1 atom stereocenters. The highest BCUT2D eigenvalue weighted by Gasteiger charge is 2.23. The van der Waals surface area contributed by atoms with Crippen LogP contribution in [0.4, 0.5) is 0 Å². The van der Waals surface area contributed by atoms with Crippen LogP contribution in [0, 0.1) is 5.92 Å². The van der Waals surface area contributed by atoms with Crippen LogP contribution in [0.5, 0.6) is 0 Å². The van der Waals surface area contributed by atoms with E-state index in [1.165, 1.54) is 0 Å². The molecule has 0 spiro atoms. The molecule has 2 rings (SSSR count). The SMILES string of the molecule is NC(=NO)C(Cc1ccccc1)C(=O)NCc1nn[nH]n1. The normalized spacial score (nSPS) is 12.9. The predicted molar refractivity (Wildman–Crippen MR) is 73.1 cm³/mol. The fraction of sp³-hybridized carbons (Fsp3) is 0.250. The largest absolute Gasteiger partial charge is 0.409 e. The number of oxime groups is 1. The number of hydrogen-bond acceptors (Lipinski definition) is 6. The molecule has 0 bridgehead atoms. The van der Waals surface area contributed by atoms with E-state index >= 15 is 0 Å². The van der Waals surface area contributed by atoms with Crippen molar-refractivity contribution in [3.8, 4) is 0 Å². The Morgan fingerprint density at radius 2 is 2.19 bits per heavy atom. The number of nitrogens with two attached hydrogens (primary N) is 1. The van der Waals surface area contributed by atoms with Crippen molar-refractivity contribution >= 4 is 11.7 Å². The average molecular weight is 289 g/mol. The van der Waals surface area contributed by atoms with Gasteiger partial charge in [-0.15, -0.1) is 10.2 Å². The van der Waals surface area contributed by atoms with E-state index in [2.05, 4.69) is 31.1 Å². The first-order valence-electron chi connectivity index (χ1n) is 6.22. The number of tetrazole rings is 1. The molecule has 9 heteroatoms. The van der Waals surface area contributed by atoms with Crippen LogP contribution in [0.3, 0.4) is 0 Å². The van der Waals surface area contributed by atoms with Crippen LogP contribution in [0.1, 0.15) is 11.4 Å². The van der Waals surface area contributed by atoms with Crippen molar-refractivity contribution in [2.24, 2.45) is 16.8 Å². The van der Waals surface area contributed by atoms with Gasteiger partial charge in [-0.25, -0.2) is 0 Å². The fourth-order valence-corrected chi connectivity index (χ4v) is 1.80. The van der Waals surface area contributed by atoms with E-state index < -0.39 is 5.92 Å². The molecule has 9 nitrogen and oxygen atoms in total. The highest BCUT2D eigenvalue weighted by molar-refractivity contribution is 6.02. The van der Waals surface area contributed by atoms with Gasteiger partial charge in [0.25, 0.3) is 0 Å². The summed E-state index contributed by atoms with van der Waals surface area (Å²) < 4.78 is 0. The highest BCUT2D eigenvalue weighted by atomic mass is 16.4. The summed E-state index contributed by atoms with van der Waals surface area (Å²) in [5.74, 6) is -0.950. The number of benzene rings is 1. The third-order valence-electron chi connectivity index (χ3n) is 2.88. The Balaban J connectivity index is 2.03. The van der Waals surface area contributed by atoms with Crippen molar-refractivity contribution in [1.29, 1.82) is 0 Å². The van der Waals surface area contributed by atoms with Crippen molar-refractivity contribution in [3.63, 3.8) is 0 Å². The Hall–Kier alpha value is -2.97. The van der Waals surface area contributed by atoms with Gasteiger partial charge in [-0.3, -0.25) is 4.79 Å². The molecule has 5 N–H and O–H groups in total. The zero-order valence-corrected chi connectivity index (χ0v) is 11.1. The van der Waals surface area contributed by atoms with Gasteiger partial charge in [0, 0.05) is 0 Å². The van der Waals surface area contributed by atoms with Gasteiger partial charge in [0.1, 0.15) is 5.92 Å². The molecule has 110 valence electrons. The Morgan fingerprint density at radius 3 is 2.81 bits per heavy atom. The maximum atomic E-state index is 12.2. The minimum Gasteiger partial charge on any atom is -0.409 e. The molecule has 0 fully saturated rings. The molecule has 0 radical (unpaired) electrons. The van der Waals surface area contributed by atoms with Gasteiger partial charge >= 0.3 is 0 Å². The van der Waals surface area contributed by atoms with Gasteiger partial charge in [-0.05, 0) is 12.0 Å². The number of amides is 1. The average Bonchev–Trinajstić information content (AvgIpc) is 3.04. The molecule has 0 saturated heterocycles. The second-order valence-corrected chi connectivity index (χ2v) is 4.31. The number of H-pyrrole nitrogens is 1. The molecule has 2 aromatic rings. The minimum atomic E-state index is -0.774. The van der Waals surface area contributed by atoms with Crippen LogP contribution in [0.15, 0.2) is 35.5 Å². The smallest absolute Gasteiger partial charge is 0.231 e. The molecule has 1 aromatic carbocycles. The summed E-state index contributed by atoms with van der Waals surface area (Å²) >= 11 is 0. The number of carbonyl (C=O) groups is 1. The van der Waals surface area contributed by atoms with E-state index in [0.29, 0.717) is 12.2 Å². The summed E-state index contributed by atoms with van der Waals surface area (Å²) in [7, 11) is 0. The summed E-state index contributed by atoms with van der Waals surface area (Å²) in [5.41, 5.74) is 6.51. The standard InChI is InChI=1S/C12H15N7O2/c13-11(17-21)9(6-8-4-2-1-3-5-8)12(20)14-7-10-15-18-19-16-10/h1-5,9,21H,6-7H2,(H2,13,17)(H,14,20)(H,15,16,18,19). The van der Waals surface area contributed by atoms with Gasteiger partial charge in [0.2, 0.25) is 5.91 Å². The lowest BCUT2D eigenvalue weighted by molar-refractivity contribution is -0.123. The van der Waals surface area contributed by atoms with Crippen LogP contribution < -0.4 is 11.1 Å². The molecule has 0 aliphatic rings. The molecule has 0 saturated carbocycles. The summed E-state index contributed by atoms with van der Waals surface area (Å²) in [4.78, 5) is 12.2. The molecular weight excluding hydrogens is 274 g/mol. The lowest BCUT2D eigenvalue weighted by atomic mass is 9.97. The Morgan fingerprint density at radius 1 is 1.43 bits per heavy atom. The van der Waals surface area contributed by atoms with Crippen LogP contribution in [-0.4, -0.2) is 37.6 Å². The number of rotatable bonds is 6. The number of nitrogens with one attached hydrogen (secondary N) is 2. The Labute approximate surface area is 120 Å². The van der Waals surface area contributed by atoms with Gasteiger partial charge in [-0.1, -0.05) is 40.7 Å². The van der Waals surface area contributed by atoms with E-state index in [9.17, 15) is 4.79 Å². The first-order chi connectivity index (χ1) is 10.2. The second-order valence-electron chi connectivity index (χ2n) is 4.31. The van der Waals surface area contributed by atoms with E-state index in [1.807, 2.05) is 30.3 Å². The summed E-state index contributed by atoms with van der Waals surface area (Å²) in [6, 6.07) is 9.32. The quantitative estimate of drug-likeness (QED) is 0.242.